The number of unbranched alkanes of at least 4 members (excludes halogenated alkanes) is 1. The van der Waals surface area contributed by atoms with Gasteiger partial charge in [-0.2, -0.15) is 0 Å². The normalized spacial score (nSPS) is 12.1. The van der Waals surface area contributed by atoms with Crippen LogP contribution in [0.5, 0.6) is 0 Å². The molecule has 0 spiro atoms. The van der Waals surface area contributed by atoms with Crippen molar-refractivity contribution in [3.8, 4) is 0 Å². The summed E-state index contributed by atoms with van der Waals surface area (Å²) in [5.41, 5.74) is 0. The summed E-state index contributed by atoms with van der Waals surface area (Å²) in [6, 6.07) is -0.234. The average molecular weight is 203 g/mol. The molecule has 0 aromatic carbocycles. The SMILES string of the molecule is CC(CO)NC(=O)CCCCC(=O)O. The number of hydrogen-bond acceptors (Lipinski definition) is 3. The highest BCUT2D eigenvalue weighted by atomic mass is 16.4. The molecular weight excluding hydrogens is 186 g/mol. The van der Waals surface area contributed by atoms with Gasteiger partial charge in [-0.3, -0.25) is 9.59 Å². The minimum absolute atomic E-state index is 0.0825. The van der Waals surface area contributed by atoms with E-state index in [9.17, 15) is 9.59 Å². The van der Waals surface area contributed by atoms with Crippen molar-refractivity contribution in [3.63, 3.8) is 0 Å². The smallest absolute Gasteiger partial charge is 0.303 e. The summed E-state index contributed by atoms with van der Waals surface area (Å²) in [5.74, 6) is -0.980. The van der Waals surface area contributed by atoms with Crippen LogP contribution in [0.2, 0.25) is 0 Å². The number of carboxylic acids is 1. The molecule has 0 rings (SSSR count). The van der Waals surface area contributed by atoms with Gasteiger partial charge < -0.3 is 15.5 Å². The molecule has 5 heteroatoms. The zero-order valence-electron chi connectivity index (χ0n) is 8.32. The fourth-order valence-corrected chi connectivity index (χ4v) is 0.954. The van der Waals surface area contributed by atoms with Gasteiger partial charge >= 0.3 is 5.97 Å². The average Bonchev–Trinajstić information content (AvgIpc) is 2.12. The van der Waals surface area contributed by atoms with E-state index in [0.29, 0.717) is 19.3 Å². The first-order valence-corrected chi connectivity index (χ1v) is 4.68. The highest BCUT2D eigenvalue weighted by molar-refractivity contribution is 5.76. The van der Waals surface area contributed by atoms with Crippen LogP contribution in [0, 0.1) is 0 Å². The molecule has 0 aliphatic heterocycles. The zero-order valence-corrected chi connectivity index (χ0v) is 8.32. The van der Waals surface area contributed by atoms with Crippen LogP contribution in [0.15, 0.2) is 0 Å². The monoisotopic (exact) mass is 203 g/mol. The molecule has 0 aliphatic rings. The Morgan fingerprint density at radius 3 is 2.36 bits per heavy atom. The van der Waals surface area contributed by atoms with E-state index in [1.807, 2.05) is 0 Å². The lowest BCUT2D eigenvalue weighted by atomic mass is 10.2. The molecule has 3 N–H and O–H groups in total. The molecular formula is C9H17NO4. The molecule has 1 unspecified atom stereocenters. The van der Waals surface area contributed by atoms with Crippen LogP contribution in [-0.2, 0) is 9.59 Å². The Balaban J connectivity index is 3.40. The van der Waals surface area contributed by atoms with Gasteiger partial charge in [-0.15, -0.1) is 0 Å². The third kappa shape index (κ3) is 7.54. The van der Waals surface area contributed by atoms with Crippen LogP contribution in [0.3, 0.4) is 0 Å². The second-order valence-corrected chi connectivity index (χ2v) is 3.25. The van der Waals surface area contributed by atoms with Crippen molar-refractivity contribution in [2.45, 2.75) is 38.6 Å². The lowest BCUT2D eigenvalue weighted by molar-refractivity contribution is -0.137. The van der Waals surface area contributed by atoms with Gasteiger partial charge in [0.05, 0.1) is 6.61 Å². The van der Waals surface area contributed by atoms with Crippen LogP contribution in [0.1, 0.15) is 32.6 Å². The minimum atomic E-state index is -0.839. The third-order valence-corrected chi connectivity index (χ3v) is 1.73. The topological polar surface area (TPSA) is 86.6 Å². The van der Waals surface area contributed by atoms with E-state index in [1.54, 1.807) is 6.92 Å². The zero-order chi connectivity index (χ0) is 11.0. The highest BCUT2D eigenvalue weighted by Gasteiger charge is 2.05. The van der Waals surface area contributed by atoms with Gasteiger partial charge in [-0.05, 0) is 19.8 Å². The quantitative estimate of drug-likeness (QED) is 0.513. The van der Waals surface area contributed by atoms with Gasteiger partial charge in [0.15, 0.2) is 0 Å². The molecule has 5 nitrogen and oxygen atoms in total. The van der Waals surface area contributed by atoms with Gasteiger partial charge in [0.25, 0.3) is 0 Å². The van der Waals surface area contributed by atoms with Crippen molar-refractivity contribution in [1.29, 1.82) is 0 Å². The van der Waals surface area contributed by atoms with Gasteiger partial charge in [-0.1, -0.05) is 0 Å². The van der Waals surface area contributed by atoms with Crippen molar-refractivity contribution in [2.75, 3.05) is 6.61 Å². The number of amides is 1. The maximum Gasteiger partial charge on any atom is 0.303 e. The molecule has 0 aliphatic carbocycles. The number of rotatable bonds is 7. The molecule has 0 bridgehead atoms. The van der Waals surface area contributed by atoms with E-state index < -0.39 is 5.97 Å². The number of hydrogen-bond donors (Lipinski definition) is 3. The van der Waals surface area contributed by atoms with Crippen LogP contribution < -0.4 is 5.32 Å². The number of aliphatic hydroxyl groups excluding tert-OH is 1. The fourth-order valence-electron chi connectivity index (χ4n) is 0.954. The Hall–Kier alpha value is -1.10. The molecule has 0 fully saturated rings. The van der Waals surface area contributed by atoms with Crippen molar-refractivity contribution >= 4 is 11.9 Å². The first-order valence-electron chi connectivity index (χ1n) is 4.68. The predicted molar refractivity (Wildman–Crippen MR) is 50.8 cm³/mol. The number of carbonyl (C=O) groups excluding carboxylic acids is 1. The van der Waals surface area contributed by atoms with E-state index in [0.717, 1.165) is 0 Å². The number of carboxylic acid groups (broad SMARTS) is 1. The van der Waals surface area contributed by atoms with E-state index in [2.05, 4.69) is 5.32 Å². The summed E-state index contributed by atoms with van der Waals surface area (Å²) < 4.78 is 0. The molecule has 1 amide bonds. The maximum atomic E-state index is 11.1. The van der Waals surface area contributed by atoms with E-state index in [4.69, 9.17) is 10.2 Å². The van der Waals surface area contributed by atoms with Crippen LogP contribution in [0.4, 0.5) is 0 Å². The Morgan fingerprint density at radius 1 is 1.29 bits per heavy atom. The van der Waals surface area contributed by atoms with Gasteiger partial charge in [0.1, 0.15) is 0 Å². The molecule has 82 valence electrons. The number of aliphatic hydroxyl groups is 1. The summed E-state index contributed by atoms with van der Waals surface area (Å²) in [6.45, 7) is 1.62. The molecule has 0 saturated carbocycles. The molecule has 0 aromatic rings. The molecule has 1 atom stereocenters. The molecule has 0 saturated heterocycles. The summed E-state index contributed by atoms with van der Waals surface area (Å²) in [4.78, 5) is 21.2. The van der Waals surface area contributed by atoms with E-state index in [1.165, 1.54) is 0 Å². The lowest BCUT2D eigenvalue weighted by Gasteiger charge is -2.09. The van der Waals surface area contributed by atoms with Crippen LogP contribution in [-0.4, -0.2) is 34.7 Å². The second kappa shape index (κ2) is 7.32. The Kier molecular flexibility index (Phi) is 6.74. The first-order chi connectivity index (χ1) is 6.56. The van der Waals surface area contributed by atoms with Crippen LogP contribution >= 0.6 is 0 Å². The number of aliphatic carboxylic acids is 1. The largest absolute Gasteiger partial charge is 0.481 e. The fraction of sp³-hybridized carbons (Fsp3) is 0.778. The van der Waals surface area contributed by atoms with Gasteiger partial charge in [0, 0.05) is 18.9 Å². The van der Waals surface area contributed by atoms with Gasteiger partial charge in [0.2, 0.25) is 5.91 Å². The Labute approximate surface area is 83.1 Å². The Morgan fingerprint density at radius 2 is 1.86 bits per heavy atom. The molecule has 0 heterocycles. The van der Waals surface area contributed by atoms with E-state index >= 15 is 0 Å². The Bertz CT molecular complexity index is 193. The predicted octanol–water partition coefficient (Wildman–Crippen LogP) is 0.128. The summed E-state index contributed by atoms with van der Waals surface area (Å²) in [6.07, 6.45) is 1.49. The number of carbonyl (C=O) groups is 2. The molecule has 14 heavy (non-hydrogen) atoms. The summed E-state index contributed by atoms with van der Waals surface area (Å²) in [5, 5.41) is 19.5. The number of nitrogens with one attached hydrogen (secondary N) is 1. The van der Waals surface area contributed by atoms with E-state index in [-0.39, 0.29) is 25.0 Å². The standard InChI is InChI=1S/C9H17NO4/c1-7(6-11)10-8(12)4-2-3-5-9(13)14/h7,11H,2-6H2,1H3,(H,10,12)(H,13,14). The third-order valence-electron chi connectivity index (χ3n) is 1.73. The molecule has 0 aromatic heterocycles. The van der Waals surface area contributed by atoms with Crippen molar-refractivity contribution < 1.29 is 19.8 Å². The van der Waals surface area contributed by atoms with Gasteiger partial charge in [-0.25, -0.2) is 0 Å². The van der Waals surface area contributed by atoms with Crippen molar-refractivity contribution in [3.05, 3.63) is 0 Å². The highest BCUT2D eigenvalue weighted by Crippen LogP contribution is 1.99. The lowest BCUT2D eigenvalue weighted by Crippen LogP contribution is -2.34. The van der Waals surface area contributed by atoms with Crippen molar-refractivity contribution in [1.82, 2.24) is 5.32 Å². The summed E-state index contributed by atoms with van der Waals surface area (Å²) in [7, 11) is 0. The maximum absolute atomic E-state index is 11.1. The van der Waals surface area contributed by atoms with Crippen molar-refractivity contribution in [2.24, 2.45) is 0 Å². The minimum Gasteiger partial charge on any atom is -0.481 e. The second-order valence-electron chi connectivity index (χ2n) is 3.25. The summed E-state index contributed by atoms with van der Waals surface area (Å²) >= 11 is 0. The first kappa shape index (κ1) is 12.9. The molecule has 0 radical (unpaired) electrons. The van der Waals surface area contributed by atoms with Crippen LogP contribution in [0.25, 0.3) is 0 Å².